The lowest BCUT2D eigenvalue weighted by Crippen LogP contribution is -2.51. The first-order chi connectivity index (χ1) is 15.2. The average molecular weight is 434 g/mol. The maximum atomic E-state index is 6.00. The van der Waals surface area contributed by atoms with E-state index in [1.54, 1.807) is 14.2 Å². The summed E-state index contributed by atoms with van der Waals surface area (Å²) >= 11 is 0. The Morgan fingerprint density at radius 3 is 2.45 bits per heavy atom. The number of aliphatic imine (C=N–C) groups is 1. The number of hydrogen-bond donors (Lipinski definition) is 1. The van der Waals surface area contributed by atoms with Gasteiger partial charge in [-0.2, -0.15) is 0 Å². The Morgan fingerprint density at radius 1 is 1.13 bits per heavy atom. The van der Waals surface area contributed by atoms with E-state index in [0.29, 0.717) is 6.10 Å². The summed E-state index contributed by atoms with van der Waals surface area (Å²) < 4.78 is 22.1. The lowest BCUT2D eigenvalue weighted by Gasteiger charge is -2.40. The molecule has 0 unspecified atom stereocenters. The lowest BCUT2D eigenvalue weighted by atomic mass is 9.74. The number of piperidine rings is 1. The fourth-order valence-corrected chi connectivity index (χ4v) is 4.54. The highest BCUT2D eigenvalue weighted by Gasteiger charge is 2.35. The monoisotopic (exact) mass is 433 g/mol. The van der Waals surface area contributed by atoms with Gasteiger partial charge in [-0.25, -0.2) is 0 Å². The predicted octanol–water partition coefficient (Wildman–Crippen LogP) is 2.84. The molecule has 31 heavy (non-hydrogen) atoms. The molecule has 2 aliphatic rings. The van der Waals surface area contributed by atoms with Crippen molar-refractivity contribution in [2.24, 2.45) is 4.99 Å². The maximum absolute atomic E-state index is 6.00. The van der Waals surface area contributed by atoms with Gasteiger partial charge in [0.1, 0.15) is 5.75 Å². The summed E-state index contributed by atoms with van der Waals surface area (Å²) in [5.74, 6) is 1.87. The van der Waals surface area contributed by atoms with Gasteiger partial charge in [-0.1, -0.05) is 12.1 Å². The average Bonchev–Trinajstić information content (AvgIpc) is 2.84. The number of hydrogen-bond acceptors (Lipinski definition) is 5. The van der Waals surface area contributed by atoms with Crippen LogP contribution in [0.2, 0.25) is 0 Å². The van der Waals surface area contributed by atoms with Crippen LogP contribution in [-0.2, 0) is 19.6 Å². The Balaban J connectivity index is 1.55. The van der Waals surface area contributed by atoms with Crippen molar-refractivity contribution in [1.82, 2.24) is 10.2 Å². The van der Waals surface area contributed by atoms with E-state index in [4.69, 9.17) is 18.9 Å². The van der Waals surface area contributed by atoms with E-state index in [9.17, 15) is 0 Å². The third-order valence-corrected chi connectivity index (χ3v) is 6.54. The largest absolute Gasteiger partial charge is 0.497 e. The fourth-order valence-electron chi connectivity index (χ4n) is 4.54. The van der Waals surface area contributed by atoms with Gasteiger partial charge in [-0.15, -0.1) is 0 Å². The quantitative estimate of drug-likeness (QED) is 0.367. The summed E-state index contributed by atoms with van der Waals surface area (Å²) in [6, 6.07) is 8.50. The first-order valence-corrected chi connectivity index (χ1v) is 11.5. The molecule has 0 radical (unpaired) electrons. The van der Waals surface area contributed by atoms with Crippen molar-refractivity contribution in [3.05, 3.63) is 29.8 Å². The van der Waals surface area contributed by atoms with E-state index < -0.39 is 0 Å². The predicted molar refractivity (Wildman–Crippen MR) is 123 cm³/mol. The molecular formula is C24H39N3O4. The van der Waals surface area contributed by atoms with Crippen LogP contribution in [0.25, 0.3) is 0 Å². The molecule has 2 fully saturated rings. The number of guanidine groups is 1. The zero-order chi connectivity index (χ0) is 21.9. The summed E-state index contributed by atoms with van der Waals surface area (Å²) in [5.41, 5.74) is 1.38. The molecule has 2 heterocycles. The molecule has 1 aromatic carbocycles. The summed E-state index contributed by atoms with van der Waals surface area (Å²) in [7, 11) is 5.31. The number of benzene rings is 1. The van der Waals surface area contributed by atoms with Crippen LogP contribution in [0.3, 0.4) is 0 Å². The topological polar surface area (TPSA) is 64.6 Å². The van der Waals surface area contributed by atoms with Crippen LogP contribution in [0.5, 0.6) is 5.75 Å². The third-order valence-electron chi connectivity index (χ3n) is 6.54. The van der Waals surface area contributed by atoms with E-state index in [1.807, 2.05) is 7.05 Å². The van der Waals surface area contributed by atoms with Crippen LogP contribution in [0.1, 0.15) is 37.7 Å². The molecule has 0 atom stereocenters. The molecule has 2 saturated heterocycles. The van der Waals surface area contributed by atoms with Gasteiger partial charge >= 0.3 is 0 Å². The molecule has 0 spiro atoms. The first kappa shape index (κ1) is 23.8. The first-order valence-electron chi connectivity index (χ1n) is 11.5. The smallest absolute Gasteiger partial charge is 0.193 e. The van der Waals surface area contributed by atoms with Gasteiger partial charge in [0.2, 0.25) is 0 Å². The number of likely N-dealkylation sites (tertiary alicyclic amines) is 1. The van der Waals surface area contributed by atoms with Gasteiger partial charge in [0.15, 0.2) is 5.96 Å². The molecule has 7 nitrogen and oxygen atoms in total. The summed E-state index contributed by atoms with van der Waals surface area (Å²) in [5, 5.41) is 3.68. The van der Waals surface area contributed by atoms with Crippen LogP contribution in [0.4, 0.5) is 0 Å². The van der Waals surface area contributed by atoms with Gasteiger partial charge < -0.3 is 29.2 Å². The summed E-state index contributed by atoms with van der Waals surface area (Å²) in [4.78, 5) is 6.94. The Labute approximate surface area is 187 Å². The second-order valence-electron chi connectivity index (χ2n) is 8.43. The fraction of sp³-hybridized carbons (Fsp3) is 0.708. The van der Waals surface area contributed by atoms with E-state index >= 15 is 0 Å². The lowest BCUT2D eigenvalue weighted by molar-refractivity contribution is 0.00968. The van der Waals surface area contributed by atoms with E-state index in [1.165, 1.54) is 5.56 Å². The number of methoxy groups -OCH3 is 2. The van der Waals surface area contributed by atoms with Crippen LogP contribution in [0, 0.1) is 0 Å². The second kappa shape index (κ2) is 12.3. The highest BCUT2D eigenvalue weighted by atomic mass is 16.5. The van der Waals surface area contributed by atoms with Gasteiger partial charge in [0.05, 0.1) is 13.2 Å². The Morgan fingerprint density at radius 2 is 1.84 bits per heavy atom. The molecule has 0 aliphatic carbocycles. The highest BCUT2D eigenvalue weighted by molar-refractivity contribution is 5.80. The molecule has 1 N–H and O–H groups in total. The third kappa shape index (κ3) is 6.57. The minimum atomic E-state index is 0.0449. The van der Waals surface area contributed by atoms with Crippen molar-refractivity contribution in [2.75, 3.05) is 67.3 Å². The van der Waals surface area contributed by atoms with Crippen LogP contribution < -0.4 is 10.1 Å². The number of rotatable bonds is 9. The highest BCUT2D eigenvalue weighted by Crippen LogP contribution is 2.35. The van der Waals surface area contributed by atoms with Gasteiger partial charge in [0, 0.05) is 65.6 Å². The van der Waals surface area contributed by atoms with Crippen molar-refractivity contribution in [3.63, 3.8) is 0 Å². The van der Waals surface area contributed by atoms with E-state index in [-0.39, 0.29) is 5.41 Å². The normalized spacial score (nSPS) is 20.0. The standard InChI is InChI=1S/C24H39N3O4/c1-25-23(27-13-9-22(10-14-27)31-16-4-15-28-2)26-19-24(11-17-30-18-12-24)20-5-7-21(29-3)8-6-20/h5-8,22H,4,9-19H2,1-3H3,(H,25,26). The minimum absolute atomic E-state index is 0.0449. The molecule has 1 aromatic rings. The van der Waals surface area contributed by atoms with Crippen LogP contribution in [0.15, 0.2) is 29.3 Å². The van der Waals surface area contributed by atoms with Crippen molar-refractivity contribution in [1.29, 1.82) is 0 Å². The molecule has 3 rings (SSSR count). The zero-order valence-electron chi connectivity index (χ0n) is 19.4. The van der Waals surface area contributed by atoms with Gasteiger partial charge in [-0.3, -0.25) is 4.99 Å². The molecule has 0 aromatic heterocycles. The molecule has 0 bridgehead atoms. The van der Waals surface area contributed by atoms with Crippen LogP contribution >= 0.6 is 0 Å². The molecule has 2 aliphatic heterocycles. The van der Waals surface area contributed by atoms with Gasteiger partial charge in [0.25, 0.3) is 0 Å². The maximum Gasteiger partial charge on any atom is 0.193 e. The minimum Gasteiger partial charge on any atom is -0.497 e. The Bertz CT molecular complexity index is 666. The second-order valence-corrected chi connectivity index (χ2v) is 8.43. The number of nitrogens with one attached hydrogen (secondary N) is 1. The van der Waals surface area contributed by atoms with Crippen molar-refractivity contribution in [2.45, 2.75) is 43.6 Å². The van der Waals surface area contributed by atoms with E-state index in [2.05, 4.69) is 39.5 Å². The summed E-state index contributed by atoms with van der Waals surface area (Å²) in [6.45, 7) is 5.90. The van der Waals surface area contributed by atoms with Crippen molar-refractivity contribution >= 4 is 5.96 Å². The van der Waals surface area contributed by atoms with Gasteiger partial charge in [-0.05, 0) is 49.8 Å². The summed E-state index contributed by atoms with van der Waals surface area (Å²) in [6.07, 6.45) is 5.36. The van der Waals surface area contributed by atoms with Crippen molar-refractivity contribution in [3.8, 4) is 5.75 Å². The number of ether oxygens (including phenoxy) is 4. The molecular weight excluding hydrogens is 394 g/mol. The molecule has 7 heteroatoms. The Hall–Kier alpha value is -1.83. The zero-order valence-corrected chi connectivity index (χ0v) is 19.4. The molecule has 0 saturated carbocycles. The van der Waals surface area contributed by atoms with Crippen molar-refractivity contribution < 1.29 is 18.9 Å². The van der Waals surface area contributed by atoms with Crippen LogP contribution in [-0.4, -0.2) is 84.3 Å². The molecule has 0 amide bonds. The SMILES string of the molecule is CN=C(NCC1(c2ccc(OC)cc2)CCOCC1)N1CCC(OCCCOC)CC1. The number of nitrogens with zero attached hydrogens (tertiary/aromatic N) is 2. The molecule has 174 valence electrons. The van der Waals surface area contributed by atoms with E-state index in [0.717, 1.165) is 89.9 Å². The Kier molecular flexibility index (Phi) is 9.43.